The first-order valence-corrected chi connectivity index (χ1v) is 11.6. The Labute approximate surface area is 199 Å². The second-order valence-corrected chi connectivity index (χ2v) is 9.13. The highest BCUT2D eigenvalue weighted by molar-refractivity contribution is 5.98. The summed E-state index contributed by atoms with van der Waals surface area (Å²) in [6, 6.07) is 16.3. The van der Waals surface area contributed by atoms with Gasteiger partial charge in [0.15, 0.2) is 0 Å². The maximum atomic E-state index is 12.2. The van der Waals surface area contributed by atoms with Crippen LogP contribution in [0.2, 0.25) is 0 Å². The van der Waals surface area contributed by atoms with E-state index in [1.54, 1.807) is 19.0 Å². The molecule has 2 aromatic carbocycles. The molecular weight excluding hydrogens is 424 g/mol. The summed E-state index contributed by atoms with van der Waals surface area (Å²) in [7, 11) is 3.51. The van der Waals surface area contributed by atoms with Gasteiger partial charge in [0, 0.05) is 80.2 Å². The maximum absolute atomic E-state index is 12.2. The first-order valence-electron chi connectivity index (χ1n) is 11.6. The number of rotatable bonds is 4. The van der Waals surface area contributed by atoms with Crippen LogP contribution in [-0.2, 0) is 4.79 Å². The monoisotopic (exact) mass is 452 g/mol. The number of fused-ring (bicyclic) bond motifs is 1. The van der Waals surface area contributed by atoms with Gasteiger partial charge in [-0.25, -0.2) is 4.98 Å². The fourth-order valence-electron chi connectivity index (χ4n) is 4.64. The molecule has 0 spiro atoms. The molecule has 1 saturated heterocycles. The zero-order valence-corrected chi connectivity index (χ0v) is 19.8. The number of hydrogen-bond donors (Lipinski definition) is 1. The molecule has 1 aliphatic heterocycles. The van der Waals surface area contributed by atoms with Crippen LogP contribution in [0.1, 0.15) is 28.8 Å². The number of amides is 1. The molecule has 4 aromatic rings. The number of carbonyl (C=O) groups is 2. The van der Waals surface area contributed by atoms with Crippen LogP contribution in [-0.4, -0.2) is 53.7 Å². The number of Topliss-reactive ketones (excluding diaryl/α,β-unsaturated/α-hetero) is 1. The summed E-state index contributed by atoms with van der Waals surface area (Å²) in [5.41, 5.74) is 8.15. The number of aryl methyl sites for hydroxylation is 1. The number of H-pyrrole nitrogens is 1. The van der Waals surface area contributed by atoms with Crippen LogP contribution in [0.3, 0.4) is 0 Å². The summed E-state index contributed by atoms with van der Waals surface area (Å²) in [4.78, 5) is 35.6. The number of pyridine rings is 1. The van der Waals surface area contributed by atoms with Gasteiger partial charge in [-0.15, -0.1) is 0 Å². The smallest absolute Gasteiger partial charge is 0.253 e. The molecule has 3 heterocycles. The SMILES string of the molecule is Cc1cc(-c2cnc3[nH]cc(-c4ccc(C(=O)N(C)C)cc4)c3c2)ccc1N1CCC(=O)CC1. The van der Waals surface area contributed by atoms with Gasteiger partial charge in [0.2, 0.25) is 0 Å². The van der Waals surface area contributed by atoms with Crippen molar-refractivity contribution in [1.82, 2.24) is 14.9 Å². The molecule has 0 unspecified atom stereocenters. The van der Waals surface area contributed by atoms with Crippen LogP contribution >= 0.6 is 0 Å². The molecule has 6 nitrogen and oxygen atoms in total. The van der Waals surface area contributed by atoms with Crippen LogP contribution in [0, 0.1) is 6.92 Å². The summed E-state index contributed by atoms with van der Waals surface area (Å²) in [5, 5.41) is 1.04. The Morgan fingerprint density at radius 1 is 0.971 bits per heavy atom. The summed E-state index contributed by atoms with van der Waals surface area (Å²) in [6.07, 6.45) is 5.12. The molecule has 1 aliphatic rings. The first-order chi connectivity index (χ1) is 16.4. The van der Waals surface area contributed by atoms with E-state index in [1.165, 1.54) is 11.3 Å². The van der Waals surface area contributed by atoms with Gasteiger partial charge >= 0.3 is 0 Å². The minimum Gasteiger partial charge on any atom is -0.370 e. The van der Waals surface area contributed by atoms with E-state index >= 15 is 0 Å². The number of aromatic nitrogens is 2. The summed E-state index contributed by atoms with van der Waals surface area (Å²) < 4.78 is 0. The number of nitrogens with one attached hydrogen (secondary N) is 1. The highest BCUT2D eigenvalue weighted by Gasteiger charge is 2.18. The van der Waals surface area contributed by atoms with Gasteiger partial charge in [-0.1, -0.05) is 18.2 Å². The third kappa shape index (κ3) is 4.07. The minimum absolute atomic E-state index is 0.00982. The van der Waals surface area contributed by atoms with E-state index in [1.807, 2.05) is 36.7 Å². The Bertz CT molecular complexity index is 1380. The number of anilines is 1. The molecule has 0 saturated carbocycles. The van der Waals surface area contributed by atoms with E-state index < -0.39 is 0 Å². The van der Waals surface area contributed by atoms with Crippen LogP contribution < -0.4 is 4.90 Å². The van der Waals surface area contributed by atoms with Crippen LogP contribution in [0.25, 0.3) is 33.3 Å². The lowest BCUT2D eigenvalue weighted by Gasteiger charge is -2.29. The van der Waals surface area contributed by atoms with Gasteiger partial charge in [-0.2, -0.15) is 0 Å². The molecule has 0 atom stereocenters. The number of nitrogens with zero attached hydrogens (tertiary/aromatic N) is 3. The molecule has 0 radical (unpaired) electrons. The van der Waals surface area contributed by atoms with Crippen molar-refractivity contribution in [3.8, 4) is 22.3 Å². The zero-order chi connectivity index (χ0) is 23.8. The van der Waals surface area contributed by atoms with Gasteiger partial charge in [0.1, 0.15) is 11.4 Å². The Morgan fingerprint density at radius 3 is 2.35 bits per heavy atom. The maximum Gasteiger partial charge on any atom is 0.253 e. The quantitative estimate of drug-likeness (QED) is 0.469. The molecule has 2 aromatic heterocycles. The predicted octanol–water partition coefficient (Wildman–Crippen LogP) is 5.08. The average Bonchev–Trinajstić information content (AvgIpc) is 3.27. The van der Waals surface area contributed by atoms with E-state index in [4.69, 9.17) is 0 Å². The van der Waals surface area contributed by atoms with Crippen LogP contribution in [0.4, 0.5) is 5.69 Å². The highest BCUT2D eigenvalue weighted by Crippen LogP contribution is 2.33. The Balaban J connectivity index is 1.46. The van der Waals surface area contributed by atoms with Gasteiger partial charge in [-0.3, -0.25) is 9.59 Å². The lowest BCUT2D eigenvalue weighted by atomic mass is 9.99. The van der Waals surface area contributed by atoms with E-state index in [-0.39, 0.29) is 5.91 Å². The first kappa shape index (κ1) is 21.9. The van der Waals surface area contributed by atoms with Crippen molar-refractivity contribution < 1.29 is 9.59 Å². The Kier molecular flexibility index (Phi) is 5.65. The summed E-state index contributed by atoms with van der Waals surface area (Å²) in [5.74, 6) is 0.343. The second-order valence-electron chi connectivity index (χ2n) is 9.13. The van der Waals surface area contributed by atoms with Crippen LogP contribution in [0.15, 0.2) is 60.9 Å². The van der Waals surface area contributed by atoms with Crippen molar-refractivity contribution in [2.75, 3.05) is 32.1 Å². The fourth-order valence-corrected chi connectivity index (χ4v) is 4.64. The topological polar surface area (TPSA) is 69.3 Å². The average molecular weight is 453 g/mol. The molecule has 34 heavy (non-hydrogen) atoms. The Hall–Kier alpha value is -3.93. The molecule has 1 N–H and O–H groups in total. The van der Waals surface area contributed by atoms with Gasteiger partial charge < -0.3 is 14.8 Å². The molecule has 6 heteroatoms. The molecule has 0 bridgehead atoms. The van der Waals surface area contributed by atoms with Crippen molar-refractivity contribution in [3.05, 3.63) is 72.1 Å². The van der Waals surface area contributed by atoms with E-state index in [9.17, 15) is 9.59 Å². The Morgan fingerprint density at radius 2 is 1.68 bits per heavy atom. The van der Waals surface area contributed by atoms with Crippen LogP contribution in [0.5, 0.6) is 0 Å². The minimum atomic E-state index is -0.00982. The fraction of sp³-hybridized carbons (Fsp3) is 0.250. The van der Waals surface area contributed by atoms with Crippen molar-refractivity contribution in [2.24, 2.45) is 0 Å². The van der Waals surface area contributed by atoms with Gasteiger partial charge in [-0.05, 0) is 53.9 Å². The largest absolute Gasteiger partial charge is 0.370 e. The lowest BCUT2D eigenvalue weighted by Crippen LogP contribution is -2.34. The van der Waals surface area contributed by atoms with E-state index in [2.05, 4.69) is 46.1 Å². The van der Waals surface area contributed by atoms with Crippen molar-refractivity contribution >= 4 is 28.4 Å². The number of hydrogen-bond acceptors (Lipinski definition) is 4. The van der Waals surface area contributed by atoms with E-state index in [0.717, 1.165) is 46.4 Å². The lowest BCUT2D eigenvalue weighted by molar-refractivity contribution is -0.119. The standard InChI is InChI=1S/C28H28N4O2/c1-18-14-21(8-9-26(18)32-12-10-23(33)11-13-32)22-15-24-25(17-30-27(24)29-16-22)19-4-6-20(7-5-19)28(34)31(2)3/h4-9,14-17H,10-13H2,1-3H3,(H,29,30). The molecular formula is C28H28N4O2. The predicted molar refractivity (Wildman–Crippen MR) is 136 cm³/mol. The molecule has 172 valence electrons. The van der Waals surface area contributed by atoms with Crippen molar-refractivity contribution in [1.29, 1.82) is 0 Å². The van der Waals surface area contributed by atoms with Crippen molar-refractivity contribution in [3.63, 3.8) is 0 Å². The molecule has 1 fully saturated rings. The number of carbonyl (C=O) groups excluding carboxylic acids is 2. The number of ketones is 1. The molecule has 1 amide bonds. The molecule has 5 rings (SSSR count). The normalized spacial score (nSPS) is 14.0. The molecule has 0 aliphatic carbocycles. The zero-order valence-electron chi connectivity index (χ0n) is 19.8. The number of benzene rings is 2. The number of piperidine rings is 1. The summed E-state index contributed by atoms with van der Waals surface area (Å²) in [6.45, 7) is 3.70. The van der Waals surface area contributed by atoms with Gasteiger partial charge in [0.05, 0.1) is 0 Å². The highest BCUT2D eigenvalue weighted by atomic mass is 16.2. The van der Waals surface area contributed by atoms with Crippen molar-refractivity contribution in [2.45, 2.75) is 19.8 Å². The van der Waals surface area contributed by atoms with Gasteiger partial charge in [0.25, 0.3) is 5.91 Å². The number of aromatic amines is 1. The second kappa shape index (κ2) is 8.78. The summed E-state index contributed by atoms with van der Waals surface area (Å²) >= 11 is 0. The third-order valence-electron chi connectivity index (χ3n) is 6.57. The van der Waals surface area contributed by atoms with E-state index in [0.29, 0.717) is 24.2 Å². The third-order valence-corrected chi connectivity index (χ3v) is 6.57.